The van der Waals surface area contributed by atoms with Gasteiger partial charge in [-0.25, -0.2) is 9.18 Å². The molecule has 0 bridgehead atoms. The highest BCUT2D eigenvalue weighted by Gasteiger charge is 2.09. The van der Waals surface area contributed by atoms with Gasteiger partial charge in [0.25, 0.3) is 0 Å². The molecule has 21 heavy (non-hydrogen) atoms. The molecule has 0 aromatic heterocycles. The fourth-order valence-electron chi connectivity index (χ4n) is 1.96. The van der Waals surface area contributed by atoms with Crippen molar-refractivity contribution in [3.63, 3.8) is 0 Å². The van der Waals surface area contributed by atoms with E-state index in [9.17, 15) is 9.18 Å². The van der Waals surface area contributed by atoms with Gasteiger partial charge in [0.2, 0.25) is 0 Å². The highest BCUT2D eigenvalue weighted by molar-refractivity contribution is 5.88. The van der Waals surface area contributed by atoms with Crippen LogP contribution in [0.15, 0.2) is 36.4 Å². The van der Waals surface area contributed by atoms with Crippen LogP contribution in [0, 0.1) is 12.7 Å². The molecule has 4 nitrogen and oxygen atoms in total. The fourth-order valence-corrected chi connectivity index (χ4v) is 1.96. The first kappa shape index (κ1) is 14.8. The lowest BCUT2D eigenvalue weighted by atomic mass is 10.1. The van der Waals surface area contributed by atoms with Crippen LogP contribution in [0.4, 0.5) is 4.39 Å². The summed E-state index contributed by atoms with van der Waals surface area (Å²) in [6, 6.07) is 8.78. The molecule has 2 aromatic rings. The molecule has 0 saturated carbocycles. The van der Waals surface area contributed by atoms with Gasteiger partial charge < -0.3 is 14.6 Å². The van der Waals surface area contributed by atoms with Crippen molar-refractivity contribution in [1.29, 1.82) is 0 Å². The zero-order valence-electron chi connectivity index (χ0n) is 11.7. The van der Waals surface area contributed by atoms with Crippen molar-refractivity contribution < 1.29 is 23.8 Å². The molecule has 0 aliphatic heterocycles. The maximum absolute atomic E-state index is 13.3. The monoisotopic (exact) mass is 290 g/mol. The third-order valence-electron chi connectivity index (χ3n) is 3.05. The average Bonchev–Trinajstić information content (AvgIpc) is 2.46. The summed E-state index contributed by atoms with van der Waals surface area (Å²) in [7, 11) is 1.50. The van der Waals surface area contributed by atoms with Crippen LogP contribution in [-0.4, -0.2) is 18.2 Å². The van der Waals surface area contributed by atoms with Crippen LogP contribution < -0.4 is 9.47 Å². The molecular formula is C16H15FO4. The number of hydrogen-bond acceptors (Lipinski definition) is 3. The van der Waals surface area contributed by atoms with E-state index in [2.05, 4.69) is 0 Å². The van der Waals surface area contributed by atoms with E-state index in [4.69, 9.17) is 14.6 Å². The number of methoxy groups -OCH3 is 1. The van der Waals surface area contributed by atoms with Crippen molar-refractivity contribution >= 4 is 5.97 Å². The van der Waals surface area contributed by atoms with Gasteiger partial charge in [0.15, 0.2) is 0 Å². The summed E-state index contributed by atoms with van der Waals surface area (Å²) in [5.74, 6) is -0.272. The molecule has 0 saturated heterocycles. The molecule has 2 aromatic carbocycles. The highest BCUT2D eigenvalue weighted by atomic mass is 19.1. The Kier molecular flexibility index (Phi) is 4.42. The van der Waals surface area contributed by atoms with Gasteiger partial charge in [-0.3, -0.25) is 0 Å². The zero-order chi connectivity index (χ0) is 15.4. The molecule has 0 aliphatic rings. The second kappa shape index (κ2) is 6.26. The summed E-state index contributed by atoms with van der Waals surface area (Å²) in [4.78, 5) is 10.9. The Labute approximate surface area is 121 Å². The summed E-state index contributed by atoms with van der Waals surface area (Å²) in [6.45, 7) is 1.89. The summed E-state index contributed by atoms with van der Waals surface area (Å²) in [5.41, 5.74) is 1.48. The molecular weight excluding hydrogens is 275 g/mol. The van der Waals surface area contributed by atoms with E-state index >= 15 is 0 Å². The van der Waals surface area contributed by atoms with Crippen LogP contribution in [-0.2, 0) is 6.61 Å². The van der Waals surface area contributed by atoms with E-state index in [0.717, 1.165) is 0 Å². The number of halogens is 1. The molecule has 0 amide bonds. The van der Waals surface area contributed by atoms with Crippen LogP contribution >= 0.6 is 0 Å². The zero-order valence-corrected chi connectivity index (χ0v) is 11.7. The van der Waals surface area contributed by atoms with Crippen LogP contribution in [0.3, 0.4) is 0 Å². The first-order chi connectivity index (χ1) is 10.0. The van der Waals surface area contributed by atoms with Crippen LogP contribution in [0.5, 0.6) is 11.5 Å². The topological polar surface area (TPSA) is 55.8 Å². The van der Waals surface area contributed by atoms with Gasteiger partial charge in [-0.05, 0) is 48.9 Å². The highest BCUT2D eigenvalue weighted by Crippen LogP contribution is 2.24. The largest absolute Gasteiger partial charge is 0.496 e. The molecule has 0 aliphatic carbocycles. The van der Waals surface area contributed by atoms with Crippen molar-refractivity contribution in [1.82, 2.24) is 0 Å². The summed E-state index contributed by atoms with van der Waals surface area (Å²) < 4.78 is 24.0. The summed E-state index contributed by atoms with van der Waals surface area (Å²) in [6.07, 6.45) is 0. The van der Waals surface area contributed by atoms with E-state index in [1.807, 2.05) is 0 Å². The molecule has 0 fully saturated rings. The van der Waals surface area contributed by atoms with Gasteiger partial charge in [-0.2, -0.15) is 0 Å². The number of carboxylic acids is 1. The molecule has 5 heteroatoms. The maximum Gasteiger partial charge on any atom is 0.335 e. The van der Waals surface area contributed by atoms with Crippen molar-refractivity contribution in [3.05, 3.63) is 58.9 Å². The summed E-state index contributed by atoms with van der Waals surface area (Å²) in [5, 5.41) is 8.91. The van der Waals surface area contributed by atoms with E-state index in [1.54, 1.807) is 13.0 Å². The number of benzene rings is 2. The first-order valence-corrected chi connectivity index (χ1v) is 6.30. The third kappa shape index (κ3) is 3.51. The minimum absolute atomic E-state index is 0.133. The fraction of sp³-hybridized carbons (Fsp3) is 0.188. The predicted molar refractivity (Wildman–Crippen MR) is 75.4 cm³/mol. The van der Waals surface area contributed by atoms with E-state index < -0.39 is 5.97 Å². The minimum atomic E-state index is -0.989. The molecule has 0 heterocycles. The number of rotatable bonds is 5. The van der Waals surface area contributed by atoms with Crippen LogP contribution in [0.1, 0.15) is 21.5 Å². The van der Waals surface area contributed by atoms with Crippen LogP contribution in [0.25, 0.3) is 0 Å². The number of aromatic carboxylic acids is 1. The van der Waals surface area contributed by atoms with Crippen molar-refractivity contribution in [2.24, 2.45) is 0 Å². The molecule has 0 spiro atoms. The van der Waals surface area contributed by atoms with Gasteiger partial charge in [0.1, 0.15) is 23.9 Å². The summed E-state index contributed by atoms with van der Waals surface area (Å²) >= 11 is 0. The molecule has 0 radical (unpaired) electrons. The Balaban J connectivity index is 2.17. The van der Waals surface area contributed by atoms with Gasteiger partial charge in [-0.1, -0.05) is 0 Å². The number of ether oxygens (including phenoxy) is 2. The van der Waals surface area contributed by atoms with E-state index in [1.165, 1.54) is 37.4 Å². The molecule has 2 rings (SSSR count). The van der Waals surface area contributed by atoms with Crippen molar-refractivity contribution in [2.75, 3.05) is 7.11 Å². The quantitative estimate of drug-likeness (QED) is 0.916. The van der Waals surface area contributed by atoms with E-state index in [-0.39, 0.29) is 18.0 Å². The molecule has 1 N–H and O–H groups in total. The standard InChI is InChI=1S/C16H15FO4/c1-10-7-11(16(18)19)3-5-14(10)21-9-12-8-13(17)4-6-15(12)20-2/h3-8H,9H2,1-2H3,(H,18,19). The van der Waals surface area contributed by atoms with Gasteiger partial charge >= 0.3 is 5.97 Å². The first-order valence-electron chi connectivity index (χ1n) is 6.30. The van der Waals surface area contributed by atoms with Gasteiger partial charge in [0.05, 0.1) is 12.7 Å². The smallest absolute Gasteiger partial charge is 0.335 e. The molecule has 0 atom stereocenters. The number of aryl methyl sites for hydroxylation is 1. The van der Waals surface area contributed by atoms with Gasteiger partial charge in [0, 0.05) is 5.56 Å². The second-order valence-electron chi connectivity index (χ2n) is 4.53. The number of carbonyl (C=O) groups is 1. The maximum atomic E-state index is 13.3. The second-order valence-corrected chi connectivity index (χ2v) is 4.53. The SMILES string of the molecule is COc1ccc(F)cc1COc1ccc(C(=O)O)cc1C. The Morgan fingerprint density at radius 3 is 2.52 bits per heavy atom. The average molecular weight is 290 g/mol. The Morgan fingerprint density at radius 2 is 1.90 bits per heavy atom. The Hall–Kier alpha value is -2.56. The Bertz CT molecular complexity index is 667. The molecule has 0 unspecified atom stereocenters. The number of hydrogen-bond donors (Lipinski definition) is 1. The Morgan fingerprint density at radius 1 is 1.19 bits per heavy atom. The normalized spacial score (nSPS) is 10.2. The third-order valence-corrected chi connectivity index (χ3v) is 3.05. The lowest BCUT2D eigenvalue weighted by Gasteiger charge is -2.12. The van der Waals surface area contributed by atoms with E-state index in [0.29, 0.717) is 22.6 Å². The minimum Gasteiger partial charge on any atom is -0.496 e. The molecule has 110 valence electrons. The van der Waals surface area contributed by atoms with Gasteiger partial charge in [-0.15, -0.1) is 0 Å². The number of carboxylic acid groups (broad SMARTS) is 1. The van der Waals surface area contributed by atoms with Crippen molar-refractivity contribution in [3.8, 4) is 11.5 Å². The predicted octanol–water partition coefficient (Wildman–Crippen LogP) is 3.42. The van der Waals surface area contributed by atoms with Crippen molar-refractivity contribution in [2.45, 2.75) is 13.5 Å². The van der Waals surface area contributed by atoms with Crippen LogP contribution in [0.2, 0.25) is 0 Å². The lowest BCUT2D eigenvalue weighted by Crippen LogP contribution is -2.02. The lowest BCUT2D eigenvalue weighted by molar-refractivity contribution is 0.0696.